The fraction of sp³-hybridized carbons (Fsp3) is 0.400. The van der Waals surface area contributed by atoms with Gasteiger partial charge in [-0.05, 0) is 31.9 Å². The van der Waals surface area contributed by atoms with E-state index in [0.717, 1.165) is 28.9 Å². The van der Waals surface area contributed by atoms with E-state index in [1.807, 2.05) is 12.1 Å². The highest BCUT2D eigenvalue weighted by Gasteiger charge is 2.36. The Morgan fingerprint density at radius 1 is 1.28 bits per heavy atom. The van der Waals surface area contributed by atoms with Gasteiger partial charge in [0.1, 0.15) is 11.3 Å². The number of nitrogens with zero attached hydrogens (tertiary/aromatic N) is 1. The van der Waals surface area contributed by atoms with Gasteiger partial charge in [0.2, 0.25) is 0 Å². The lowest BCUT2D eigenvalue weighted by Gasteiger charge is -2.11. The van der Waals surface area contributed by atoms with Gasteiger partial charge in [0.05, 0.1) is 12.8 Å². The zero-order chi connectivity index (χ0) is 12.6. The summed E-state index contributed by atoms with van der Waals surface area (Å²) in [6.07, 6.45) is 2.54. The second kappa shape index (κ2) is 4.25. The second-order valence-electron chi connectivity index (χ2n) is 5.25. The average Bonchev–Trinajstić information content (AvgIpc) is 3.14. The Kier molecular flexibility index (Phi) is 2.71. The summed E-state index contributed by atoms with van der Waals surface area (Å²) < 4.78 is 5.36. The lowest BCUT2D eigenvalue weighted by Crippen LogP contribution is -2.27. The van der Waals surface area contributed by atoms with Gasteiger partial charge < -0.3 is 10.1 Å². The third-order valence-electron chi connectivity index (χ3n) is 3.66. The van der Waals surface area contributed by atoms with Crippen molar-refractivity contribution >= 4 is 10.9 Å². The minimum Gasteiger partial charge on any atom is -0.494 e. The molecular formula is C15H18N2O. The molecule has 0 spiro atoms. The van der Waals surface area contributed by atoms with E-state index in [-0.39, 0.29) is 0 Å². The van der Waals surface area contributed by atoms with E-state index >= 15 is 0 Å². The van der Waals surface area contributed by atoms with Gasteiger partial charge in [-0.2, -0.15) is 0 Å². The smallest absolute Gasteiger partial charge is 0.145 e. The Balaban J connectivity index is 1.89. The topological polar surface area (TPSA) is 34.1 Å². The molecule has 18 heavy (non-hydrogen) atoms. The molecule has 0 amide bonds. The minimum atomic E-state index is 0.345. The highest BCUT2D eigenvalue weighted by atomic mass is 16.5. The number of nitrogens with one attached hydrogen (secondary N) is 1. The van der Waals surface area contributed by atoms with Crippen LogP contribution in [-0.2, 0) is 6.54 Å². The molecule has 1 aliphatic rings. The number of hydrogen-bond donors (Lipinski definition) is 1. The number of fused-ring (bicyclic) bond motifs is 1. The Hall–Kier alpha value is -1.61. The summed E-state index contributed by atoms with van der Waals surface area (Å²) in [6.45, 7) is 3.08. The molecule has 0 radical (unpaired) electrons. The highest BCUT2D eigenvalue weighted by Crippen LogP contribution is 2.34. The van der Waals surface area contributed by atoms with Crippen molar-refractivity contribution in [2.24, 2.45) is 0 Å². The van der Waals surface area contributed by atoms with E-state index in [1.54, 1.807) is 7.11 Å². The molecule has 3 heteroatoms. The molecule has 1 aliphatic carbocycles. The second-order valence-corrected chi connectivity index (χ2v) is 5.25. The molecule has 0 bridgehead atoms. The first-order valence-corrected chi connectivity index (χ1v) is 6.38. The fourth-order valence-electron chi connectivity index (χ4n) is 2.09. The van der Waals surface area contributed by atoms with E-state index in [0.29, 0.717) is 5.54 Å². The third-order valence-corrected chi connectivity index (χ3v) is 3.66. The summed E-state index contributed by atoms with van der Waals surface area (Å²) in [5, 5.41) is 4.67. The number of aromatic nitrogens is 1. The molecular weight excluding hydrogens is 224 g/mol. The summed E-state index contributed by atoms with van der Waals surface area (Å²) in [7, 11) is 1.69. The molecule has 2 aromatic rings. The Morgan fingerprint density at radius 3 is 2.83 bits per heavy atom. The van der Waals surface area contributed by atoms with Crippen LogP contribution >= 0.6 is 0 Å². The van der Waals surface area contributed by atoms with Crippen molar-refractivity contribution < 1.29 is 4.74 Å². The lowest BCUT2D eigenvalue weighted by atomic mass is 10.2. The molecule has 0 saturated heterocycles. The number of pyridine rings is 1. The van der Waals surface area contributed by atoms with Crippen LogP contribution in [-0.4, -0.2) is 17.6 Å². The van der Waals surface area contributed by atoms with Gasteiger partial charge in [0.25, 0.3) is 0 Å². The largest absolute Gasteiger partial charge is 0.494 e. The van der Waals surface area contributed by atoms with Crippen LogP contribution in [0.15, 0.2) is 30.3 Å². The Labute approximate surface area is 107 Å². The number of methoxy groups -OCH3 is 1. The van der Waals surface area contributed by atoms with Crippen LogP contribution in [0.2, 0.25) is 0 Å². The first-order valence-electron chi connectivity index (χ1n) is 6.38. The molecule has 1 heterocycles. The molecule has 94 valence electrons. The van der Waals surface area contributed by atoms with E-state index in [1.165, 1.54) is 12.8 Å². The summed E-state index contributed by atoms with van der Waals surface area (Å²) in [5.41, 5.74) is 2.36. The van der Waals surface area contributed by atoms with Crippen LogP contribution in [0.25, 0.3) is 10.9 Å². The Morgan fingerprint density at radius 2 is 2.11 bits per heavy atom. The molecule has 3 nitrogen and oxygen atoms in total. The number of ether oxygens (including phenoxy) is 1. The number of para-hydroxylation sites is 1. The normalized spacial score (nSPS) is 16.8. The van der Waals surface area contributed by atoms with Crippen LogP contribution in [0.3, 0.4) is 0 Å². The lowest BCUT2D eigenvalue weighted by molar-refractivity contribution is 0.418. The van der Waals surface area contributed by atoms with Crippen molar-refractivity contribution in [2.75, 3.05) is 7.11 Å². The fourth-order valence-corrected chi connectivity index (χ4v) is 2.09. The van der Waals surface area contributed by atoms with Crippen molar-refractivity contribution in [1.29, 1.82) is 0 Å². The highest BCUT2D eigenvalue weighted by molar-refractivity contribution is 5.84. The first kappa shape index (κ1) is 11.5. The molecule has 1 saturated carbocycles. The van der Waals surface area contributed by atoms with Crippen molar-refractivity contribution in [1.82, 2.24) is 10.3 Å². The maximum absolute atomic E-state index is 5.36. The molecule has 1 N–H and O–H groups in total. The van der Waals surface area contributed by atoms with Gasteiger partial charge in [-0.25, -0.2) is 4.98 Å². The van der Waals surface area contributed by atoms with Crippen LogP contribution < -0.4 is 10.1 Å². The molecule has 0 aliphatic heterocycles. The van der Waals surface area contributed by atoms with E-state index < -0.39 is 0 Å². The van der Waals surface area contributed by atoms with Gasteiger partial charge in [-0.15, -0.1) is 0 Å². The average molecular weight is 242 g/mol. The van der Waals surface area contributed by atoms with Gasteiger partial charge in [-0.1, -0.05) is 18.2 Å². The molecule has 1 fully saturated rings. The van der Waals surface area contributed by atoms with Crippen LogP contribution in [0.4, 0.5) is 0 Å². The monoisotopic (exact) mass is 242 g/mol. The van der Waals surface area contributed by atoms with Gasteiger partial charge >= 0.3 is 0 Å². The maximum atomic E-state index is 5.36. The predicted molar refractivity (Wildman–Crippen MR) is 72.8 cm³/mol. The van der Waals surface area contributed by atoms with Crippen LogP contribution in [0.1, 0.15) is 25.5 Å². The van der Waals surface area contributed by atoms with Gasteiger partial charge in [-0.3, -0.25) is 0 Å². The third kappa shape index (κ3) is 2.18. The van der Waals surface area contributed by atoms with Crippen LogP contribution in [0.5, 0.6) is 5.75 Å². The molecule has 1 aromatic carbocycles. The van der Waals surface area contributed by atoms with E-state index in [4.69, 9.17) is 4.74 Å². The number of hydrogen-bond acceptors (Lipinski definition) is 3. The van der Waals surface area contributed by atoms with Crippen molar-refractivity contribution in [3.05, 3.63) is 36.0 Å². The van der Waals surface area contributed by atoms with Crippen LogP contribution in [0, 0.1) is 0 Å². The molecule has 0 unspecified atom stereocenters. The Bertz CT molecular complexity index is 576. The number of benzene rings is 1. The summed E-state index contributed by atoms with van der Waals surface area (Å²) in [6, 6.07) is 10.2. The van der Waals surface area contributed by atoms with Crippen molar-refractivity contribution in [3.8, 4) is 5.75 Å². The summed E-state index contributed by atoms with van der Waals surface area (Å²) in [4.78, 5) is 4.69. The maximum Gasteiger partial charge on any atom is 0.145 e. The summed E-state index contributed by atoms with van der Waals surface area (Å²) >= 11 is 0. The van der Waals surface area contributed by atoms with E-state index in [9.17, 15) is 0 Å². The van der Waals surface area contributed by atoms with Crippen molar-refractivity contribution in [3.63, 3.8) is 0 Å². The number of rotatable bonds is 4. The predicted octanol–water partition coefficient (Wildman–Crippen LogP) is 2.89. The van der Waals surface area contributed by atoms with Crippen molar-refractivity contribution in [2.45, 2.75) is 31.8 Å². The molecule has 1 aromatic heterocycles. The SMILES string of the molecule is COc1cccc2ccc(CNC3(C)CC3)nc12. The minimum absolute atomic E-state index is 0.345. The molecule has 0 atom stereocenters. The quantitative estimate of drug-likeness (QED) is 0.895. The van der Waals surface area contributed by atoms with Gasteiger partial charge in [0.15, 0.2) is 0 Å². The zero-order valence-electron chi connectivity index (χ0n) is 10.9. The summed E-state index contributed by atoms with van der Waals surface area (Å²) in [5.74, 6) is 0.840. The molecule has 3 rings (SSSR count). The van der Waals surface area contributed by atoms with E-state index in [2.05, 4.69) is 35.4 Å². The zero-order valence-corrected chi connectivity index (χ0v) is 10.9. The first-order chi connectivity index (χ1) is 8.70. The standard InChI is InChI=1S/C15H18N2O/c1-15(8-9-15)16-10-12-7-6-11-4-3-5-13(18-2)14(11)17-12/h3-7,16H,8-10H2,1-2H3. The van der Waals surface area contributed by atoms with Gasteiger partial charge in [0, 0.05) is 17.5 Å².